The van der Waals surface area contributed by atoms with Crippen LogP contribution < -0.4 is 11.1 Å². The first-order valence-electron chi connectivity index (χ1n) is 12.3. The van der Waals surface area contributed by atoms with Crippen molar-refractivity contribution in [3.05, 3.63) is 83.1 Å². The number of carbonyl (C=O) groups excluding carboxylic acids is 1. The molecule has 0 spiro atoms. The van der Waals surface area contributed by atoms with Crippen LogP contribution in [0.2, 0.25) is 0 Å². The van der Waals surface area contributed by atoms with Gasteiger partial charge in [0.25, 0.3) is 5.91 Å². The number of ether oxygens (including phenoxy) is 1. The number of pyridine rings is 1. The summed E-state index contributed by atoms with van der Waals surface area (Å²) in [5, 5.41) is 4.79. The Balaban J connectivity index is 1.40. The summed E-state index contributed by atoms with van der Waals surface area (Å²) in [6.07, 6.45) is 3.04. The predicted octanol–water partition coefficient (Wildman–Crippen LogP) is 4.74. The van der Waals surface area contributed by atoms with Crippen LogP contribution in [0, 0.1) is 11.8 Å². The van der Waals surface area contributed by atoms with Gasteiger partial charge in [0.2, 0.25) is 5.95 Å². The molecule has 1 amide bonds. The minimum Gasteiger partial charge on any atom is -0.398 e. The summed E-state index contributed by atoms with van der Waals surface area (Å²) < 4.78 is 33.1. The Morgan fingerprint density at radius 3 is 2.72 bits per heavy atom. The molecule has 2 aromatic carbocycles. The van der Waals surface area contributed by atoms with Gasteiger partial charge >= 0.3 is 0 Å². The number of benzene rings is 2. The molecule has 3 heterocycles. The first-order chi connectivity index (χ1) is 19.0. The quantitative estimate of drug-likeness (QED) is 0.187. The van der Waals surface area contributed by atoms with E-state index in [1.807, 2.05) is 0 Å². The minimum atomic E-state index is -0.659. The number of amides is 1. The number of carbonyl (C=O) groups is 1. The number of nitrogens with one attached hydrogen (secondary N) is 1. The second kappa shape index (κ2) is 12.2. The Kier molecular flexibility index (Phi) is 8.30. The first-order valence-corrected chi connectivity index (χ1v) is 13.2. The maximum atomic E-state index is 14.1. The van der Waals surface area contributed by atoms with Crippen molar-refractivity contribution >= 4 is 34.8 Å². The number of morpholine rings is 1. The second-order valence-electron chi connectivity index (χ2n) is 8.86. The van der Waals surface area contributed by atoms with E-state index in [4.69, 9.17) is 10.5 Å². The molecule has 1 aliphatic rings. The van der Waals surface area contributed by atoms with Crippen molar-refractivity contribution in [2.24, 2.45) is 4.99 Å². The summed E-state index contributed by atoms with van der Waals surface area (Å²) in [5.41, 5.74) is 9.53. The molecular formula is C28H26F2N6O2S. The molecule has 0 unspecified atom stereocenters. The maximum absolute atomic E-state index is 14.1. The number of halogens is 2. The van der Waals surface area contributed by atoms with Gasteiger partial charge in [0.15, 0.2) is 0 Å². The lowest BCUT2D eigenvalue weighted by molar-refractivity contribution is 0.0395. The monoisotopic (exact) mass is 548 g/mol. The standard InChI is InChI=1S/C28H26F2N6O2S/c29-20-5-3-18(4-6-20)22-15-23(31)19(16-32-8-9-36-10-12-38-13-11-36)14-24(22)34-27(37)25-17-39-28(35-25)21-2-1-7-33-26(21)30/h1-7,14-17H,8-13,31H2,(H,34,37). The molecule has 39 heavy (non-hydrogen) atoms. The fraction of sp³-hybridized carbons (Fsp3) is 0.214. The van der Waals surface area contributed by atoms with Crippen LogP contribution in [0.4, 0.5) is 20.2 Å². The largest absolute Gasteiger partial charge is 0.398 e. The highest BCUT2D eigenvalue weighted by atomic mass is 32.1. The van der Waals surface area contributed by atoms with Gasteiger partial charge < -0.3 is 15.8 Å². The molecule has 1 aliphatic heterocycles. The predicted molar refractivity (Wildman–Crippen MR) is 149 cm³/mol. The van der Waals surface area contributed by atoms with Crippen LogP contribution in [0.3, 0.4) is 0 Å². The zero-order valence-electron chi connectivity index (χ0n) is 20.9. The summed E-state index contributed by atoms with van der Waals surface area (Å²) in [6, 6.07) is 12.5. The van der Waals surface area contributed by atoms with Gasteiger partial charge in [0, 0.05) is 59.9 Å². The molecule has 1 saturated heterocycles. The zero-order chi connectivity index (χ0) is 27.2. The molecule has 11 heteroatoms. The van der Waals surface area contributed by atoms with Crippen molar-refractivity contribution in [1.82, 2.24) is 14.9 Å². The number of aliphatic imine (C=N–C) groups is 1. The lowest BCUT2D eigenvalue weighted by atomic mass is 10.00. The Morgan fingerprint density at radius 1 is 1.15 bits per heavy atom. The molecule has 1 fully saturated rings. The Hall–Kier alpha value is -4.06. The maximum Gasteiger partial charge on any atom is 0.275 e. The highest BCUT2D eigenvalue weighted by molar-refractivity contribution is 7.13. The Bertz CT molecular complexity index is 1490. The summed E-state index contributed by atoms with van der Waals surface area (Å²) in [6.45, 7) is 4.61. The van der Waals surface area contributed by atoms with Gasteiger partial charge in [-0.05, 0) is 42.0 Å². The normalized spacial score (nSPS) is 14.1. The highest BCUT2D eigenvalue weighted by Crippen LogP contribution is 2.33. The van der Waals surface area contributed by atoms with Gasteiger partial charge in [-0.25, -0.2) is 14.4 Å². The van der Waals surface area contributed by atoms with Gasteiger partial charge in [-0.3, -0.25) is 14.7 Å². The average molecular weight is 549 g/mol. The molecule has 0 radical (unpaired) electrons. The first kappa shape index (κ1) is 26.5. The number of hydrogen-bond donors (Lipinski definition) is 2. The lowest BCUT2D eigenvalue weighted by Crippen LogP contribution is -2.37. The Morgan fingerprint density at radius 2 is 1.95 bits per heavy atom. The van der Waals surface area contributed by atoms with E-state index in [2.05, 4.69) is 25.2 Å². The number of thiazole rings is 1. The molecular weight excluding hydrogens is 522 g/mol. The molecule has 0 aliphatic carbocycles. The van der Waals surface area contributed by atoms with Gasteiger partial charge in [-0.2, -0.15) is 4.39 Å². The summed E-state index contributed by atoms with van der Waals surface area (Å²) in [4.78, 5) is 28.0. The molecule has 8 nitrogen and oxygen atoms in total. The van der Waals surface area contributed by atoms with Crippen molar-refractivity contribution in [3.63, 3.8) is 0 Å². The number of nitrogens with two attached hydrogens (primary N) is 1. The van der Waals surface area contributed by atoms with E-state index in [1.165, 1.54) is 18.3 Å². The van der Waals surface area contributed by atoms with Crippen molar-refractivity contribution in [2.75, 3.05) is 50.4 Å². The number of hydrogen-bond acceptors (Lipinski definition) is 8. The second-order valence-corrected chi connectivity index (χ2v) is 9.71. The van der Waals surface area contributed by atoms with E-state index in [9.17, 15) is 13.6 Å². The molecule has 3 N–H and O–H groups in total. The van der Waals surface area contributed by atoms with E-state index in [1.54, 1.807) is 48.0 Å². The number of rotatable bonds is 8. The Labute approximate surface area is 228 Å². The van der Waals surface area contributed by atoms with E-state index in [0.29, 0.717) is 39.6 Å². The number of aromatic nitrogens is 2. The van der Waals surface area contributed by atoms with E-state index in [0.717, 1.165) is 44.2 Å². The van der Waals surface area contributed by atoms with Crippen LogP contribution in [0.15, 0.2) is 65.1 Å². The van der Waals surface area contributed by atoms with Crippen LogP contribution >= 0.6 is 11.3 Å². The third kappa shape index (κ3) is 6.51. The summed E-state index contributed by atoms with van der Waals surface area (Å²) in [5.74, 6) is -1.52. The third-order valence-corrected chi connectivity index (χ3v) is 7.11. The van der Waals surface area contributed by atoms with Crippen LogP contribution in [0.1, 0.15) is 16.1 Å². The van der Waals surface area contributed by atoms with Crippen molar-refractivity contribution in [1.29, 1.82) is 0 Å². The number of nitrogen functional groups attached to an aromatic ring is 1. The van der Waals surface area contributed by atoms with Gasteiger partial charge in [-0.15, -0.1) is 11.3 Å². The number of anilines is 2. The van der Waals surface area contributed by atoms with Crippen molar-refractivity contribution in [2.45, 2.75) is 0 Å². The van der Waals surface area contributed by atoms with Crippen LogP contribution in [0.5, 0.6) is 0 Å². The molecule has 200 valence electrons. The molecule has 5 rings (SSSR count). The summed E-state index contributed by atoms with van der Waals surface area (Å²) in [7, 11) is 0. The van der Waals surface area contributed by atoms with E-state index >= 15 is 0 Å². The fourth-order valence-corrected chi connectivity index (χ4v) is 4.95. The fourth-order valence-electron chi connectivity index (χ4n) is 4.14. The topological polar surface area (TPSA) is 106 Å². The SMILES string of the molecule is Nc1cc(-c2ccc(F)cc2)c(NC(=O)c2csc(-c3cccnc3F)n2)cc1C=NCCN1CCOCC1. The van der Waals surface area contributed by atoms with Gasteiger partial charge in [0.05, 0.1) is 25.3 Å². The van der Waals surface area contributed by atoms with Crippen molar-refractivity contribution < 1.29 is 18.3 Å². The van der Waals surface area contributed by atoms with Gasteiger partial charge in [0.1, 0.15) is 16.5 Å². The molecule has 0 saturated carbocycles. The molecule has 0 bridgehead atoms. The smallest absolute Gasteiger partial charge is 0.275 e. The molecule has 0 atom stereocenters. The molecule has 2 aromatic heterocycles. The van der Waals surface area contributed by atoms with E-state index < -0.39 is 11.9 Å². The van der Waals surface area contributed by atoms with Crippen LogP contribution in [0.25, 0.3) is 21.7 Å². The summed E-state index contributed by atoms with van der Waals surface area (Å²) >= 11 is 1.14. The van der Waals surface area contributed by atoms with E-state index in [-0.39, 0.29) is 17.1 Å². The van der Waals surface area contributed by atoms with Gasteiger partial charge in [-0.1, -0.05) is 12.1 Å². The van der Waals surface area contributed by atoms with Crippen LogP contribution in [-0.2, 0) is 4.74 Å². The minimum absolute atomic E-state index is 0.126. The molecule has 4 aromatic rings. The van der Waals surface area contributed by atoms with Crippen LogP contribution in [-0.4, -0.2) is 66.4 Å². The number of nitrogens with zero attached hydrogens (tertiary/aromatic N) is 4. The average Bonchev–Trinajstić information content (AvgIpc) is 3.44. The lowest BCUT2D eigenvalue weighted by Gasteiger charge is -2.25. The highest BCUT2D eigenvalue weighted by Gasteiger charge is 2.18. The zero-order valence-corrected chi connectivity index (χ0v) is 21.8. The van der Waals surface area contributed by atoms with Crippen molar-refractivity contribution in [3.8, 4) is 21.7 Å². The third-order valence-electron chi connectivity index (χ3n) is 6.23.